The summed E-state index contributed by atoms with van der Waals surface area (Å²) in [6.07, 6.45) is 0.927. The second kappa shape index (κ2) is 8.63. The van der Waals surface area contributed by atoms with Crippen LogP contribution in [0.2, 0.25) is 5.02 Å². The van der Waals surface area contributed by atoms with Crippen LogP contribution in [0.4, 0.5) is 0 Å². The molecule has 0 fully saturated rings. The molecule has 31 heavy (non-hydrogen) atoms. The largest absolute Gasteiger partial charge is 0.490 e. The van der Waals surface area contributed by atoms with Crippen molar-refractivity contribution >= 4 is 28.5 Å². The Labute approximate surface area is 185 Å². The summed E-state index contributed by atoms with van der Waals surface area (Å²) in [5.41, 5.74) is 1.03. The second-order valence-corrected chi connectivity index (χ2v) is 8.33. The average Bonchev–Trinajstić information content (AvgIpc) is 3.06. The van der Waals surface area contributed by atoms with Crippen LogP contribution in [0.3, 0.4) is 0 Å². The van der Waals surface area contributed by atoms with Gasteiger partial charge >= 0.3 is 0 Å². The van der Waals surface area contributed by atoms with Crippen LogP contribution in [0.15, 0.2) is 45.6 Å². The van der Waals surface area contributed by atoms with Crippen molar-refractivity contribution in [3.05, 3.63) is 68.5 Å². The van der Waals surface area contributed by atoms with E-state index in [2.05, 4.69) is 19.2 Å². The van der Waals surface area contributed by atoms with Gasteiger partial charge in [0.25, 0.3) is 5.91 Å². The van der Waals surface area contributed by atoms with Gasteiger partial charge in [-0.05, 0) is 55.2 Å². The quantitative estimate of drug-likeness (QED) is 0.551. The predicted octanol–water partition coefficient (Wildman–Crippen LogP) is 5.10. The van der Waals surface area contributed by atoms with Gasteiger partial charge in [-0.2, -0.15) is 0 Å². The summed E-state index contributed by atoms with van der Waals surface area (Å²) in [7, 11) is 0. The first-order valence-corrected chi connectivity index (χ1v) is 10.7. The molecule has 1 aliphatic heterocycles. The normalized spacial score (nSPS) is 15.3. The number of nitrogens with one attached hydrogen (secondary N) is 1. The molecule has 0 saturated heterocycles. The summed E-state index contributed by atoms with van der Waals surface area (Å²) in [4.78, 5) is 25.8. The Morgan fingerprint density at radius 2 is 1.90 bits per heavy atom. The van der Waals surface area contributed by atoms with Crippen molar-refractivity contribution in [2.45, 2.75) is 33.2 Å². The Hall–Kier alpha value is -2.99. The van der Waals surface area contributed by atoms with E-state index in [0.717, 1.165) is 6.42 Å². The summed E-state index contributed by atoms with van der Waals surface area (Å²) >= 11 is 6.06. The van der Waals surface area contributed by atoms with E-state index in [1.54, 1.807) is 24.3 Å². The molecule has 162 valence electrons. The Morgan fingerprint density at radius 3 is 2.65 bits per heavy atom. The van der Waals surface area contributed by atoms with Crippen molar-refractivity contribution in [2.24, 2.45) is 5.92 Å². The SMILES string of the molecule is CCOc1cc(C2NC(=O)c3oc4ccc(Cl)cc4c(=O)c32)ccc1OCCC(C)C. The number of hydrogen-bond acceptors (Lipinski definition) is 5. The third kappa shape index (κ3) is 4.12. The Balaban J connectivity index is 1.75. The molecule has 1 atom stereocenters. The lowest BCUT2D eigenvalue weighted by Crippen LogP contribution is -2.22. The first-order valence-electron chi connectivity index (χ1n) is 10.4. The molecule has 1 amide bonds. The highest BCUT2D eigenvalue weighted by molar-refractivity contribution is 6.31. The van der Waals surface area contributed by atoms with Crippen molar-refractivity contribution in [3.63, 3.8) is 0 Å². The third-order valence-corrected chi connectivity index (χ3v) is 5.45. The highest BCUT2D eigenvalue weighted by Crippen LogP contribution is 2.36. The number of benzene rings is 2. The molecule has 1 aromatic heterocycles. The highest BCUT2D eigenvalue weighted by atomic mass is 35.5. The predicted molar refractivity (Wildman–Crippen MR) is 119 cm³/mol. The number of ether oxygens (including phenoxy) is 2. The number of carbonyl (C=O) groups excluding carboxylic acids is 1. The zero-order chi connectivity index (χ0) is 22.1. The highest BCUT2D eigenvalue weighted by Gasteiger charge is 2.36. The van der Waals surface area contributed by atoms with Gasteiger partial charge in [0.2, 0.25) is 5.76 Å². The van der Waals surface area contributed by atoms with Crippen molar-refractivity contribution in [1.29, 1.82) is 0 Å². The molecule has 1 N–H and O–H groups in total. The maximum Gasteiger partial charge on any atom is 0.288 e. The van der Waals surface area contributed by atoms with E-state index in [-0.39, 0.29) is 16.8 Å². The smallest absolute Gasteiger partial charge is 0.288 e. The van der Waals surface area contributed by atoms with Crippen LogP contribution in [-0.2, 0) is 0 Å². The van der Waals surface area contributed by atoms with E-state index in [4.69, 9.17) is 25.5 Å². The van der Waals surface area contributed by atoms with E-state index < -0.39 is 11.9 Å². The van der Waals surface area contributed by atoms with Crippen LogP contribution in [0, 0.1) is 5.92 Å². The van der Waals surface area contributed by atoms with Crippen molar-refractivity contribution in [3.8, 4) is 11.5 Å². The molecule has 0 aliphatic carbocycles. The number of halogens is 1. The van der Waals surface area contributed by atoms with Crippen LogP contribution in [0.25, 0.3) is 11.0 Å². The lowest BCUT2D eigenvalue weighted by molar-refractivity contribution is 0.0938. The molecule has 0 radical (unpaired) electrons. The van der Waals surface area contributed by atoms with Gasteiger partial charge < -0.3 is 19.2 Å². The van der Waals surface area contributed by atoms with Gasteiger partial charge in [0, 0.05) is 5.02 Å². The van der Waals surface area contributed by atoms with Crippen molar-refractivity contribution < 1.29 is 18.7 Å². The van der Waals surface area contributed by atoms with Gasteiger partial charge in [0.1, 0.15) is 5.58 Å². The minimum absolute atomic E-state index is 0.0278. The molecule has 1 aliphatic rings. The lowest BCUT2D eigenvalue weighted by Gasteiger charge is -2.17. The van der Waals surface area contributed by atoms with Crippen LogP contribution < -0.4 is 20.2 Å². The molecule has 0 spiro atoms. The fourth-order valence-corrected chi connectivity index (χ4v) is 3.80. The van der Waals surface area contributed by atoms with E-state index in [0.29, 0.717) is 52.2 Å². The number of fused-ring (bicyclic) bond motifs is 2. The van der Waals surface area contributed by atoms with Crippen LogP contribution in [0.5, 0.6) is 11.5 Å². The fourth-order valence-electron chi connectivity index (χ4n) is 3.63. The molecule has 4 rings (SSSR count). The second-order valence-electron chi connectivity index (χ2n) is 7.89. The first-order chi connectivity index (χ1) is 14.9. The fraction of sp³-hybridized carbons (Fsp3) is 0.333. The van der Waals surface area contributed by atoms with Crippen LogP contribution in [0.1, 0.15) is 54.9 Å². The van der Waals surface area contributed by atoms with Gasteiger partial charge in [-0.1, -0.05) is 31.5 Å². The molecule has 2 heterocycles. The summed E-state index contributed by atoms with van der Waals surface area (Å²) < 4.78 is 17.4. The van der Waals surface area contributed by atoms with E-state index >= 15 is 0 Å². The number of hydrogen-bond donors (Lipinski definition) is 1. The zero-order valence-electron chi connectivity index (χ0n) is 17.7. The zero-order valence-corrected chi connectivity index (χ0v) is 18.4. The van der Waals surface area contributed by atoms with E-state index in [9.17, 15) is 9.59 Å². The summed E-state index contributed by atoms with van der Waals surface area (Å²) in [6.45, 7) is 7.21. The minimum Gasteiger partial charge on any atom is -0.490 e. The maximum absolute atomic E-state index is 13.2. The van der Waals surface area contributed by atoms with E-state index in [1.807, 2.05) is 19.1 Å². The van der Waals surface area contributed by atoms with Gasteiger partial charge in [0.15, 0.2) is 16.9 Å². The van der Waals surface area contributed by atoms with E-state index in [1.165, 1.54) is 0 Å². The Bertz CT molecular complexity index is 1200. The van der Waals surface area contributed by atoms with Gasteiger partial charge in [-0.3, -0.25) is 9.59 Å². The van der Waals surface area contributed by atoms with Gasteiger partial charge in [0.05, 0.1) is 30.2 Å². The molecule has 6 nitrogen and oxygen atoms in total. The minimum atomic E-state index is -0.647. The summed E-state index contributed by atoms with van der Waals surface area (Å²) in [6, 6.07) is 9.56. The average molecular weight is 442 g/mol. The molecule has 1 unspecified atom stereocenters. The molecule has 2 aromatic carbocycles. The van der Waals surface area contributed by atoms with Gasteiger partial charge in [-0.25, -0.2) is 0 Å². The number of amides is 1. The monoisotopic (exact) mass is 441 g/mol. The summed E-state index contributed by atoms with van der Waals surface area (Å²) in [5, 5.41) is 3.62. The van der Waals surface area contributed by atoms with Crippen molar-refractivity contribution in [1.82, 2.24) is 5.32 Å². The molecular formula is C24H24ClNO5. The molecule has 0 saturated carbocycles. The molecular weight excluding hydrogens is 418 g/mol. The Morgan fingerprint density at radius 1 is 1.10 bits per heavy atom. The van der Waals surface area contributed by atoms with Gasteiger partial charge in [-0.15, -0.1) is 0 Å². The topological polar surface area (TPSA) is 77.8 Å². The molecule has 0 bridgehead atoms. The van der Waals surface area contributed by atoms with Crippen molar-refractivity contribution in [2.75, 3.05) is 13.2 Å². The third-order valence-electron chi connectivity index (χ3n) is 5.21. The number of rotatable bonds is 7. The summed E-state index contributed by atoms with van der Waals surface area (Å²) in [5.74, 6) is 1.33. The maximum atomic E-state index is 13.2. The van der Waals surface area contributed by atoms with Crippen LogP contribution >= 0.6 is 11.6 Å². The molecule has 3 aromatic rings. The Kier molecular flexibility index (Phi) is 5.92. The van der Waals surface area contributed by atoms with Crippen LogP contribution in [-0.4, -0.2) is 19.1 Å². The standard InChI is InChI=1S/C24H24ClNO5/c1-4-29-19-11-14(5-7-18(19)30-10-9-13(2)3)21-20-22(27)16-12-15(25)6-8-17(16)31-23(20)24(28)26-21/h5-8,11-13,21H,4,9-10H2,1-3H3,(H,26,28). The first kappa shape index (κ1) is 21.2. The lowest BCUT2D eigenvalue weighted by atomic mass is 9.99. The molecule has 7 heteroatoms. The number of carbonyl (C=O) groups is 1.